The van der Waals surface area contributed by atoms with E-state index in [1.165, 1.54) is 12.7 Å². The van der Waals surface area contributed by atoms with Crippen molar-refractivity contribution in [3.05, 3.63) is 41.8 Å². The number of aryl methyl sites for hydroxylation is 1. The summed E-state index contributed by atoms with van der Waals surface area (Å²) in [5, 5.41) is 2.78. The zero-order chi connectivity index (χ0) is 17.8. The molecule has 1 aliphatic rings. The van der Waals surface area contributed by atoms with Crippen LogP contribution in [0.2, 0.25) is 0 Å². The van der Waals surface area contributed by atoms with E-state index in [2.05, 4.69) is 10.3 Å². The molecule has 1 unspecified atom stereocenters. The summed E-state index contributed by atoms with van der Waals surface area (Å²) in [4.78, 5) is 30.1. The maximum absolute atomic E-state index is 12.1. The second kappa shape index (κ2) is 7.48. The number of carbonyl (C=O) groups excluding carboxylic acids is 2. The van der Waals surface area contributed by atoms with Gasteiger partial charge in [0, 0.05) is 25.2 Å². The van der Waals surface area contributed by atoms with E-state index >= 15 is 0 Å². The van der Waals surface area contributed by atoms with Crippen LogP contribution >= 0.6 is 0 Å². The molecule has 7 nitrogen and oxygen atoms in total. The fraction of sp³-hybridized carbons (Fsp3) is 0.389. The van der Waals surface area contributed by atoms with Gasteiger partial charge in [-0.05, 0) is 19.1 Å². The van der Waals surface area contributed by atoms with E-state index in [4.69, 9.17) is 9.15 Å². The molecule has 1 aromatic heterocycles. The Hall–Kier alpha value is -2.67. The largest absolute Gasteiger partial charge is 0.469 e. The second-order valence-corrected chi connectivity index (χ2v) is 6.07. The molecule has 2 heterocycles. The van der Waals surface area contributed by atoms with Gasteiger partial charge in [-0.2, -0.15) is 0 Å². The van der Waals surface area contributed by atoms with Gasteiger partial charge in [0.25, 0.3) is 0 Å². The quantitative estimate of drug-likeness (QED) is 0.829. The van der Waals surface area contributed by atoms with Gasteiger partial charge in [-0.15, -0.1) is 0 Å². The normalized spacial score (nSPS) is 18.0. The van der Waals surface area contributed by atoms with Gasteiger partial charge >= 0.3 is 5.97 Å². The predicted octanol–water partition coefficient (Wildman–Crippen LogP) is 1.51. The van der Waals surface area contributed by atoms with Crippen molar-refractivity contribution in [3.63, 3.8) is 0 Å². The van der Waals surface area contributed by atoms with Crippen molar-refractivity contribution in [1.82, 2.24) is 15.2 Å². The lowest BCUT2D eigenvalue weighted by atomic mass is 10.1. The van der Waals surface area contributed by atoms with E-state index in [0.29, 0.717) is 25.5 Å². The van der Waals surface area contributed by atoms with E-state index in [0.717, 1.165) is 11.3 Å². The molecule has 1 fully saturated rings. The molecule has 1 saturated heterocycles. The predicted molar refractivity (Wildman–Crippen MR) is 90.5 cm³/mol. The Labute approximate surface area is 146 Å². The SMILES string of the molecule is COC(=O)CC1C(=O)NCCN1Cc1coc(-c2ccc(C)cc2)n1. The van der Waals surface area contributed by atoms with Gasteiger partial charge in [-0.1, -0.05) is 17.7 Å². The Morgan fingerprint density at radius 1 is 1.40 bits per heavy atom. The minimum atomic E-state index is -0.555. The molecule has 0 radical (unpaired) electrons. The number of hydrogen-bond acceptors (Lipinski definition) is 6. The lowest BCUT2D eigenvalue weighted by molar-refractivity contribution is -0.146. The summed E-state index contributed by atoms with van der Waals surface area (Å²) in [6, 6.07) is 7.36. The molecule has 0 spiro atoms. The van der Waals surface area contributed by atoms with Crippen molar-refractivity contribution in [3.8, 4) is 11.5 Å². The molecule has 7 heteroatoms. The molecule has 2 aromatic rings. The van der Waals surface area contributed by atoms with Crippen molar-refractivity contribution in [2.24, 2.45) is 0 Å². The van der Waals surface area contributed by atoms with Crippen LogP contribution in [0.5, 0.6) is 0 Å². The number of ether oxygens (including phenoxy) is 1. The number of aromatic nitrogens is 1. The maximum Gasteiger partial charge on any atom is 0.307 e. The Balaban J connectivity index is 1.73. The highest BCUT2D eigenvalue weighted by atomic mass is 16.5. The first-order chi connectivity index (χ1) is 12.1. The molecule has 1 N–H and O–H groups in total. The van der Waals surface area contributed by atoms with Crippen LogP contribution in [-0.4, -0.2) is 48.0 Å². The standard InChI is InChI=1S/C18H21N3O4/c1-12-3-5-13(6-4-12)18-20-14(11-25-18)10-21-8-7-19-17(23)15(21)9-16(22)24-2/h3-6,11,15H,7-10H2,1-2H3,(H,19,23). The van der Waals surface area contributed by atoms with Crippen molar-refractivity contribution < 1.29 is 18.7 Å². The van der Waals surface area contributed by atoms with Gasteiger partial charge < -0.3 is 14.5 Å². The highest BCUT2D eigenvalue weighted by Gasteiger charge is 2.32. The molecule has 3 rings (SSSR count). The van der Waals surface area contributed by atoms with Crippen LogP contribution in [0.25, 0.3) is 11.5 Å². The Morgan fingerprint density at radius 2 is 2.16 bits per heavy atom. The zero-order valence-electron chi connectivity index (χ0n) is 14.3. The molecule has 1 aliphatic heterocycles. The van der Waals surface area contributed by atoms with Crippen molar-refractivity contribution in [1.29, 1.82) is 0 Å². The number of oxazole rings is 1. The lowest BCUT2D eigenvalue weighted by Crippen LogP contribution is -2.55. The number of hydrogen-bond donors (Lipinski definition) is 1. The number of methoxy groups -OCH3 is 1. The third-order valence-electron chi connectivity index (χ3n) is 4.24. The van der Waals surface area contributed by atoms with Gasteiger partial charge in [0.1, 0.15) is 12.3 Å². The van der Waals surface area contributed by atoms with Crippen LogP contribution in [-0.2, 0) is 20.9 Å². The minimum Gasteiger partial charge on any atom is -0.469 e. The number of rotatable bonds is 5. The zero-order valence-corrected chi connectivity index (χ0v) is 14.3. The molecular formula is C18H21N3O4. The molecule has 25 heavy (non-hydrogen) atoms. The van der Waals surface area contributed by atoms with Crippen LogP contribution in [0.15, 0.2) is 34.9 Å². The monoisotopic (exact) mass is 343 g/mol. The topological polar surface area (TPSA) is 84.7 Å². The Bertz CT molecular complexity index is 754. The first kappa shape index (κ1) is 17.2. The van der Waals surface area contributed by atoms with Crippen LogP contribution in [0.4, 0.5) is 0 Å². The summed E-state index contributed by atoms with van der Waals surface area (Å²) >= 11 is 0. The van der Waals surface area contributed by atoms with Crippen LogP contribution in [0, 0.1) is 6.92 Å². The summed E-state index contributed by atoms with van der Waals surface area (Å²) in [5.74, 6) is -0.0348. The average molecular weight is 343 g/mol. The fourth-order valence-corrected chi connectivity index (χ4v) is 2.83. The Kier molecular flexibility index (Phi) is 5.14. The highest BCUT2D eigenvalue weighted by molar-refractivity contribution is 5.87. The molecule has 132 valence electrons. The summed E-state index contributed by atoms with van der Waals surface area (Å²) in [6.07, 6.45) is 1.61. The maximum atomic E-state index is 12.1. The van der Waals surface area contributed by atoms with Gasteiger partial charge in [0.15, 0.2) is 0 Å². The molecule has 1 aromatic carbocycles. The number of carbonyl (C=O) groups is 2. The van der Waals surface area contributed by atoms with Crippen molar-refractivity contribution in [2.75, 3.05) is 20.2 Å². The summed E-state index contributed by atoms with van der Waals surface area (Å²) in [5.41, 5.74) is 2.79. The van der Waals surface area contributed by atoms with Gasteiger partial charge in [0.2, 0.25) is 11.8 Å². The molecule has 1 atom stereocenters. The molecule has 0 bridgehead atoms. The number of esters is 1. The first-order valence-electron chi connectivity index (χ1n) is 8.17. The number of piperazine rings is 1. The van der Waals surface area contributed by atoms with E-state index in [1.807, 2.05) is 36.1 Å². The van der Waals surface area contributed by atoms with Gasteiger partial charge in [-0.3, -0.25) is 14.5 Å². The highest BCUT2D eigenvalue weighted by Crippen LogP contribution is 2.21. The Morgan fingerprint density at radius 3 is 2.88 bits per heavy atom. The van der Waals surface area contributed by atoms with Gasteiger partial charge in [0.05, 0.1) is 19.2 Å². The third-order valence-corrected chi connectivity index (χ3v) is 4.24. The van der Waals surface area contributed by atoms with Crippen LogP contribution < -0.4 is 5.32 Å². The van der Waals surface area contributed by atoms with E-state index in [1.54, 1.807) is 6.26 Å². The van der Waals surface area contributed by atoms with Gasteiger partial charge in [-0.25, -0.2) is 4.98 Å². The van der Waals surface area contributed by atoms with E-state index in [-0.39, 0.29) is 12.3 Å². The minimum absolute atomic E-state index is 0.0189. The number of nitrogens with one attached hydrogen (secondary N) is 1. The lowest BCUT2D eigenvalue weighted by Gasteiger charge is -2.33. The van der Waals surface area contributed by atoms with Crippen molar-refractivity contribution >= 4 is 11.9 Å². The summed E-state index contributed by atoms with van der Waals surface area (Å²) in [6.45, 7) is 3.64. The first-order valence-corrected chi connectivity index (χ1v) is 8.17. The fourth-order valence-electron chi connectivity index (χ4n) is 2.83. The number of nitrogens with zero attached hydrogens (tertiary/aromatic N) is 2. The number of benzene rings is 1. The third kappa shape index (κ3) is 4.06. The summed E-state index contributed by atoms with van der Waals surface area (Å²) in [7, 11) is 1.32. The van der Waals surface area contributed by atoms with Crippen LogP contribution in [0.1, 0.15) is 17.7 Å². The van der Waals surface area contributed by atoms with E-state index in [9.17, 15) is 9.59 Å². The number of amides is 1. The second-order valence-electron chi connectivity index (χ2n) is 6.07. The molecule has 1 amide bonds. The average Bonchev–Trinajstić information content (AvgIpc) is 3.07. The summed E-state index contributed by atoms with van der Waals surface area (Å²) < 4.78 is 10.3. The molecule has 0 saturated carbocycles. The smallest absolute Gasteiger partial charge is 0.307 e. The van der Waals surface area contributed by atoms with Crippen molar-refractivity contribution in [2.45, 2.75) is 25.9 Å². The van der Waals surface area contributed by atoms with Crippen LogP contribution in [0.3, 0.4) is 0 Å². The molecule has 0 aliphatic carbocycles. The molecular weight excluding hydrogens is 322 g/mol. The van der Waals surface area contributed by atoms with E-state index < -0.39 is 12.0 Å².